The Hall–Kier alpha value is -2.69. The summed E-state index contributed by atoms with van der Waals surface area (Å²) >= 11 is 7.21. The summed E-state index contributed by atoms with van der Waals surface area (Å²) in [5, 5.41) is 10.4. The van der Waals surface area contributed by atoms with E-state index in [0.29, 0.717) is 15.6 Å². The fraction of sp³-hybridized carbons (Fsp3) is 0.304. The Balaban J connectivity index is 2.13. The average Bonchev–Trinajstić information content (AvgIpc) is 2.80. The van der Waals surface area contributed by atoms with E-state index in [1.54, 1.807) is 45.0 Å². The number of rotatable bonds is 3. The topological polar surface area (TPSA) is 60.9 Å². The number of nitrogens with zero attached hydrogens (tertiary/aromatic N) is 2. The van der Waals surface area contributed by atoms with E-state index >= 15 is 0 Å². The van der Waals surface area contributed by atoms with Crippen LogP contribution in [0.25, 0.3) is 0 Å². The van der Waals surface area contributed by atoms with Crippen LogP contribution in [0.2, 0.25) is 5.02 Å². The lowest BCUT2D eigenvalue weighted by molar-refractivity contribution is -0.124. The molecule has 0 radical (unpaired) electrons. The van der Waals surface area contributed by atoms with Crippen molar-refractivity contribution in [2.75, 3.05) is 10.7 Å². The molecule has 0 fully saturated rings. The summed E-state index contributed by atoms with van der Waals surface area (Å²) in [7, 11) is 0. The molecule has 0 spiro atoms. The minimum atomic E-state index is -1.20. The zero-order valence-electron chi connectivity index (χ0n) is 17.4. The van der Waals surface area contributed by atoms with E-state index in [1.165, 1.54) is 28.8 Å². The largest absolute Gasteiger partial charge is 0.465 e. The molecular weight excluding hydrogens is 439 g/mol. The zero-order valence-corrected chi connectivity index (χ0v) is 18.9. The van der Waals surface area contributed by atoms with Crippen LogP contribution in [-0.2, 0) is 11.3 Å². The molecule has 1 heterocycles. The predicted molar refractivity (Wildman–Crippen MR) is 121 cm³/mol. The summed E-state index contributed by atoms with van der Waals surface area (Å²) < 4.78 is 14.4. The second kappa shape index (κ2) is 8.81. The van der Waals surface area contributed by atoms with Crippen molar-refractivity contribution in [2.24, 2.45) is 0 Å². The molecule has 162 valence electrons. The van der Waals surface area contributed by atoms with Gasteiger partial charge in [-0.05, 0) is 50.6 Å². The summed E-state index contributed by atoms with van der Waals surface area (Å²) in [6, 6.07) is 8.81. The monoisotopic (exact) mass is 460 g/mol. The van der Waals surface area contributed by atoms with Crippen molar-refractivity contribution in [1.29, 1.82) is 0 Å². The van der Waals surface area contributed by atoms with Gasteiger partial charge in [0.15, 0.2) is 0 Å². The SMILES string of the molecule is C#Cc1cc2c(cc1F)SC[C@H](N(C(=O)O)C(C)(C)C)C(=O)N2Cc1ccc(Cl)cc1. The van der Waals surface area contributed by atoms with Gasteiger partial charge in [-0.1, -0.05) is 29.7 Å². The van der Waals surface area contributed by atoms with Crippen LogP contribution in [0.1, 0.15) is 31.9 Å². The van der Waals surface area contributed by atoms with Crippen LogP contribution in [0.3, 0.4) is 0 Å². The van der Waals surface area contributed by atoms with Crippen molar-refractivity contribution in [1.82, 2.24) is 4.90 Å². The summed E-state index contributed by atoms with van der Waals surface area (Å²) in [6.07, 6.45) is 4.25. The zero-order chi connectivity index (χ0) is 22.9. The number of hydrogen-bond acceptors (Lipinski definition) is 3. The van der Waals surface area contributed by atoms with Gasteiger partial charge in [-0.3, -0.25) is 9.69 Å². The van der Waals surface area contributed by atoms with Gasteiger partial charge in [-0.15, -0.1) is 18.2 Å². The van der Waals surface area contributed by atoms with Crippen LogP contribution in [0, 0.1) is 18.2 Å². The summed E-state index contributed by atoms with van der Waals surface area (Å²) in [4.78, 5) is 28.9. The Bertz CT molecular complexity index is 1060. The molecule has 0 unspecified atom stereocenters. The fourth-order valence-corrected chi connectivity index (χ4v) is 4.79. The lowest BCUT2D eigenvalue weighted by atomic mass is 10.0. The number of anilines is 1. The van der Waals surface area contributed by atoms with Crippen molar-refractivity contribution < 1.29 is 19.1 Å². The lowest BCUT2D eigenvalue weighted by Crippen LogP contribution is -2.58. The highest BCUT2D eigenvalue weighted by atomic mass is 35.5. The molecule has 2 aromatic carbocycles. The Labute approximate surface area is 190 Å². The van der Waals surface area contributed by atoms with Gasteiger partial charge in [0.2, 0.25) is 0 Å². The quantitative estimate of drug-likeness (QED) is 0.636. The number of terminal acetylenes is 1. The molecule has 1 aliphatic heterocycles. The Kier molecular flexibility index (Phi) is 6.54. The van der Waals surface area contributed by atoms with Crippen LogP contribution >= 0.6 is 23.4 Å². The second-order valence-corrected chi connectivity index (χ2v) is 9.64. The van der Waals surface area contributed by atoms with Crippen LogP contribution in [0.4, 0.5) is 14.9 Å². The van der Waals surface area contributed by atoms with Crippen molar-refractivity contribution in [3.05, 3.63) is 58.4 Å². The Morgan fingerprint density at radius 3 is 2.55 bits per heavy atom. The molecule has 1 N–H and O–H groups in total. The number of carboxylic acid groups (broad SMARTS) is 1. The van der Waals surface area contributed by atoms with Crippen molar-refractivity contribution in [2.45, 2.75) is 43.8 Å². The molecule has 8 heteroatoms. The van der Waals surface area contributed by atoms with Crippen molar-refractivity contribution in [3.8, 4) is 12.3 Å². The highest BCUT2D eigenvalue weighted by Crippen LogP contribution is 2.39. The molecular formula is C23H22ClFN2O3S. The molecule has 0 aliphatic carbocycles. The van der Waals surface area contributed by atoms with Crippen LogP contribution in [0.5, 0.6) is 0 Å². The molecule has 31 heavy (non-hydrogen) atoms. The van der Waals surface area contributed by atoms with Crippen molar-refractivity contribution in [3.63, 3.8) is 0 Å². The molecule has 0 bridgehead atoms. The first kappa shape index (κ1) is 23.0. The molecule has 5 nitrogen and oxygen atoms in total. The van der Waals surface area contributed by atoms with Gasteiger partial charge >= 0.3 is 6.09 Å². The highest BCUT2D eigenvalue weighted by molar-refractivity contribution is 7.99. The van der Waals surface area contributed by atoms with Gasteiger partial charge in [0.1, 0.15) is 11.9 Å². The van der Waals surface area contributed by atoms with E-state index in [-0.39, 0.29) is 17.9 Å². The number of fused-ring (bicyclic) bond motifs is 1. The van der Waals surface area contributed by atoms with E-state index in [9.17, 15) is 19.1 Å². The molecule has 2 aromatic rings. The van der Waals surface area contributed by atoms with E-state index in [1.807, 2.05) is 0 Å². The van der Waals surface area contributed by atoms with Gasteiger partial charge in [-0.2, -0.15) is 0 Å². The third-order valence-electron chi connectivity index (χ3n) is 4.94. The first-order valence-corrected chi connectivity index (χ1v) is 10.9. The number of halogens is 2. The fourth-order valence-electron chi connectivity index (χ4n) is 3.53. The lowest BCUT2D eigenvalue weighted by Gasteiger charge is -2.39. The van der Waals surface area contributed by atoms with E-state index < -0.39 is 29.4 Å². The number of hydrogen-bond donors (Lipinski definition) is 1. The van der Waals surface area contributed by atoms with Gasteiger partial charge < -0.3 is 10.0 Å². The van der Waals surface area contributed by atoms with Gasteiger partial charge in [0, 0.05) is 21.2 Å². The van der Waals surface area contributed by atoms with Gasteiger partial charge in [0.25, 0.3) is 5.91 Å². The molecule has 1 atom stereocenters. The predicted octanol–water partition coefficient (Wildman–Crippen LogP) is 5.25. The van der Waals surface area contributed by atoms with Crippen LogP contribution in [-0.4, -0.2) is 39.3 Å². The molecule has 1 aliphatic rings. The normalized spacial score (nSPS) is 16.3. The Morgan fingerprint density at radius 2 is 2.00 bits per heavy atom. The minimum Gasteiger partial charge on any atom is -0.465 e. The van der Waals surface area contributed by atoms with E-state index in [4.69, 9.17) is 18.0 Å². The second-order valence-electron chi connectivity index (χ2n) is 8.15. The summed E-state index contributed by atoms with van der Waals surface area (Å²) in [5.41, 5.74) is 0.474. The maximum atomic E-state index is 14.4. The maximum absolute atomic E-state index is 14.4. The van der Waals surface area contributed by atoms with Gasteiger partial charge in [-0.25, -0.2) is 9.18 Å². The third-order valence-corrected chi connectivity index (χ3v) is 6.31. The smallest absolute Gasteiger partial charge is 0.408 e. The van der Waals surface area contributed by atoms with Crippen LogP contribution < -0.4 is 4.90 Å². The van der Waals surface area contributed by atoms with E-state index in [0.717, 1.165) is 10.5 Å². The molecule has 0 saturated carbocycles. The third kappa shape index (κ3) is 4.81. The number of carbonyl (C=O) groups excluding carboxylic acids is 1. The summed E-state index contributed by atoms with van der Waals surface area (Å²) in [5.74, 6) is 1.51. The first-order valence-electron chi connectivity index (χ1n) is 9.54. The number of carbonyl (C=O) groups is 2. The van der Waals surface area contributed by atoms with Gasteiger partial charge in [0.05, 0.1) is 17.8 Å². The number of thioether (sulfide) groups is 1. The average molecular weight is 461 g/mol. The first-order chi connectivity index (χ1) is 14.5. The number of benzene rings is 2. The molecule has 0 saturated heterocycles. The Morgan fingerprint density at radius 1 is 1.35 bits per heavy atom. The highest BCUT2D eigenvalue weighted by Gasteiger charge is 2.42. The molecule has 3 rings (SSSR count). The van der Waals surface area contributed by atoms with Crippen LogP contribution in [0.15, 0.2) is 41.3 Å². The molecule has 2 amide bonds. The molecule has 0 aromatic heterocycles. The van der Waals surface area contributed by atoms with E-state index in [2.05, 4.69) is 5.92 Å². The maximum Gasteiger partial charge on any atom is 0.408 e. The number of amides is 2. The minimum absolute atomic E-state index is 0.0395. The standard InChI is InChI=1S/C23H22ClFN2O3S/c1-5-15-10-18-20(11-17(15)25)31-13-19(27(22(29)30)23(2,3)4)21(28)26(18)12-14-6-8-16(24)9-7-14/h1,6-11,19H,12-13H2,2-4H3,(H,29,30)/t19-/m0/s1. The summed E-state index contributed by atoms with van der Waals surface area (Å²) in [6.45, 7) is 5.36. The van der Waals surface area contributed by atoms with Crippen molar-refractivity contribution >= 4 is 41.1 Å².